The molecule has 5 nitrogen and oxygen atoms in total. The number of hydrogen-bond donors (Lipinski definition) is 1. The van der Waals surface area contributed by atoms with E-state index in [0.717, 1.165) is 40.1 Å². The van der Waals surface area contributed by atoms with Gasteiger partial charge < -0.3 is 9.64 Å². The SMILES string of the molecule is COc1ccc(N2Cc3ccc(C(=O)N/N=C\c4ccc(Br)cc4)cc3C2)cc1. The van der Waals surface area contributed by atoms with E-state index in [1.54, 1.807) is 13.3 Å². The summed E-state index contributed by atoms with van der Waals surface area (Å²) in [6.45, 7) is 1.59. The Morgan fingerprint density at radius 2 is 1.76 bits per heavy atom. The molecular weight excluding hydrogens is 430 g/mol. The second kappa shape index (κ2) is 8.49. The molecular formula is C23H20BrN3O2. The van der Waals surface area contributed by atoms with Gasteiger partial charge in [-0.3, -0.25) is 4.79 Å². The summed E-state index contributed by atoms with van der Waals surface area (Å²) in [5.74, 6) is 0.622. The largest absolute Gasteiger partial charge is 0.497 e. The van der Waals surface area contributed by atoms with Crippen molar-refractivity contribution in [2.45, 2.75) is 13.1 Å². The monoisotopic (exact) mass is 449 g/mol. The highest BCUT2D eigenvalue weighted by Crippen LogP contribution is 2.30. The lowest BCUT2D eigenvalue weighted by atomic mass is 10.1. The van der Waals surface area contributed by atoms with Gasteiger partial charge in [-0.15, -0.1) is 0 Å². The molecule has 1 aliphatic rings. The summed E-state index contributed by atoms with van der Waals surface area (Å²) in [5, 5.41) is 4.06. The molecule has 0 fully saturated rings. The van der Waals surface area contributed by atoms with Crippen LogP contribution in [0.4, 0.5) is 5.69 Å². The number of anilines is 1. The summed E-state index contributed by atoms with van der Waals surface area (Å²) >= 11 is 3.39. The van der Waals surface area contributed by atoms with Crippen LogP contribution in [0.15, 0.2) is 76.3 Å². The first-order chi connectivity index (χ1) is 14.1. The fraction of sp³-hybridized carbons (Fsp3) is 0.130. The third-order valence-electron chi connectivity index (χ3n) is 4.88. The molecule has 0 saturated heterocycles. The van der Waals surface area contributed by atoms with Gasteiger partial charge in [0.15, 0.2) is 0 Å². The van der Waals surface area contributed by atoms with Gasteiger partial charge >= 0.3 is 0 Å². The minimum absolute atomic E-state index is 0.218. The molecule has 4 rings (SSSR count). The van der Waals surface area contributed by atoms with E-state index in [9.17, 15) is 4.79 Å². The number of nitrogens with one attached hydrogen (secondary N) is 1. The molecule has 1 amide bonds. The van der Waals surface area contributed by atoms with Crippen LogP contribution in [0.25, 0.3) is 0 Å². The lowest BCUT2D eigenvalue weighted by Crippen LogP contribution is -2.17. The Labute approximate surface area is 178 Å². The first kappa shape index (κ1) is 19.2. The molecule has 1 heterocycles. The predicted octanol–water partition coefficient (Wildman–Crippen LogP) is 4.74. The summed E-state index contributed by atoms with van der Waals surface area (Å²) in [7, 11) is 1.66. The van der Waals surface area contributed by atoms with Crippen LogP contribution >= 0.6 is 15.9 Å². The molecule has 0 atom stereocenters. The Balaban J connectivity index is 1.41. The van der Waals surface area contributed by atoms with Crippen LogP contribution in [0.2, 0.25) is 0 Å². The number of amides is 1. The molecule has 0 spiro atoms. The van der Waals surface area contributed by atoms with Crippen LogP contribution in [0.3, 0.4) is 0 Å². The van der Waals surface area contributed by atoms with E-state index in [-0.39, 0.29) is 5.91 Å². The number of benzene rings is 3. The average molecular weight is 450 g/mol. The van der Waals surface area contributed by atoms with Crippen LogP contribution < -0.4 is 15.1 Å². The number of fused-ring (bicyclic) bond motifs is 1. The van der Waals surface area contributed by atoms with Crippen molar-refractivity contribution in [1.82, 2.24) is 5.43 Å². The second-order valence-corrected chi connectivity index (χ2v) is 7.70. The van der Waals surface area contributed by atoms with Gasteiger partial charge in [-0.1, -0.05) is 34.1 Å². The number of nitrogens with zero attached hydrogens (tertiary/aromatic N) is 2. The number of halogens is 1. The maximum Gasteiger partial charge on any atom is 0.271 e. The fourth-order valence-corrected chi connectivity index (χ4v) is 3.55. The number of rotatable bonds is 5. The number of carbonyl (C=O) groups is 1. The molecule has 1 aliphatic heterocycles. The Morgan fingerprint density at radius 3 is 2.48 bits per heavy atom. The van der Waals surface area contributed by atoms with Gasteiger partial charge in [0.25, 0.3) is 5.91 Å². The van der Waals surface area contributed by atoms with E-state index < -0.39 is 0 Å². The summed E-state index contributed by atoms with van der Waals surface area (Å²) in [6, 6.07) is 21.5. The topological polar surface area (TPSA) is 53.9 Å². The zero-order chi connectivity index (χ0) is 20.2. The van der Waals surface area contributed by atoms with E-state index in [2.05, 4.69) is 43.5 Å². The van der Waals surface area contributed by atoms with Gasteiger partial charge in [0.05, 0.1) is 13.3 Å². The van der Waals surface area contributed by atoms with Gasteiger partial charge in [0, 0.05) is 28.8 Å². The second-order valence-electron chi connectivity index (χ2n) is 6.79. The zero-order valence-electron chi connectivity index (χ0n) is 15.9. The van der Waals surface area contributed by atoms with Gasteiger partial charge in [-0.25, -0.2) is 5.43 Å². The molecule has 146 valence electrons. The van der Waals surface area contributed by atoms with Crippen molar-refractivity contribution >= 4 is 33.7 Å². The van der Waals surface area contributed by atoms with E-state index in [1.807, 2.05) is 54.6 Å². The van der Waals surface area contributed by atoms with Gasteiger partial charge in [-0.05, 0) is 65.2 Å². The molecule has 0 aromatic heterocycles. The number of hydrazone groups is 1. The fourth-order valence-electron chi connectivity index (χ4n) is 3.29. The smallest absolute Gasteiger partial charge is 0.271 e. The standard InChI is InChI=1S/C23H20BrN3O2/c1-29-22-10-8-21(9-11-22)27-14-18-5-4-17(12-19(18)15-27)23(28)26-25-13-16-2-6-20(24)7-3-16/h2-13H,14-15H2,1H3,(H,26,28)/b25-13-. The highest BCUT2D eigenvalue weighted by atomic mass is 79.9. The normalized spacial score (nSPS) is 12.8. The molecule has 0 saturated carbocycles. The van der Waals surface area contributed by atoms with Crippen molar-refractivity contribution in [2.75, 3.05) is 12.0 Å². The van der Waals surface area contributed by atoms with Crippen molar-refractivity contribution in [3.05, 3.63) is 93.5 Å². The zero-order valence-corrected chi connectivity index (χ0v) is 17.5. The third kappa shape index (κ3) is 4.49. The van der Waals surface area contributed by atoms with Crippen LogP contribution in [0, 0.1) is 0 Å². The molecule has 1 N–H and O–H groups in total. The van der Waals surface area contributed by atoms with E-state index in [1.165, 1.54) is 5.56 Å². The van der Waals surface area contributed by atoms with Crippen LogP contribution in [0.1, 0.15) is 27.0 Å². The average Bonchev–Trinajstić information content (AvgIpc) is 3.18. The van der Waals surface area contributed by atoms with Crippen LogP contribution in [-0.4, -0.2) is 19.2 Å². The van der Waals surface area contributed by atoms with E-state index >= 15 is 0 Å². The number of ether oxygens (including phenoxy) is 1. The van der Waals surface area contributed by atoms with Crippen molar-refractivity contribution in [3.8, 4) is 5.75 Å². The summed E-state index contributed by atoms with van der Waals surface area (Å²) < 4.78 is 6.23. The minimum Gasteiger partial charge on any atom is -0.497 e. The Hall–Kier alpha value is -3.12. The molecule has 0 bridgehead atoms. The summed E-state index contributed by atoms with van der Waals surface area (Å²) in [6.07, 6.45) is 1.63. The molecule has 29 heavy (non-hydrogen) atoms. The van der Waals surface area contributed by atoms with Crippen molar-refractivity contribution in [3.63, 3.8) is 0 Å². The highest BCUT2D eigenvalue weighted by molar-refractivity contribution is 9.10. The Bertz CT molecular complexity index is 1050. The molecule has 6 heteroatoms. The summed E-state index contributed by atoms with van der Waals surface area (Å²) in [5.41, 5.74) is 7.64. The van der Waals surface area contributed by atoms with Gasteiger partial charge in [0.1, 0.15) is 5.75 Å². The lowest BCUT2D eigenvalue weighted by Gasteiger charge is -2.17. The lowest BCUT2D eigenvalue weighted by molar-refractivity contribution is 0.0955. The Kier molecular flexibility index (Phi) is 5.62. The molecule has 3 aromatic carbocycles. The van der Waals surface area contributed by atoms with E-state index in [4.69, 9.17) is 4.74 Å². The molecule has 3 aromatic rings. The maximum absolute atomic E-state index is 12.5. The predicted molar refractivity (Wildman–Crippen MR) is 119 cm³/mol. The molecule has 0 radical (unpaired) electrons. The first-order valence-electron chi connectivity index (χ1n) is 9.22. The van der Waals surface area contributed by atoms with Crippen molar-refractivity contribution < 1.29 is 9.53 Å². The number of hydrogen-bond acceptors (Lipinski definition) is 4. The Morgan fingerprint density at radius 1 is 1.03 bits per heavy atom. The van der Waals surface area contributed by atoms with Crippen molar-refractivity contribution in [2.24, 2.45) is 5.10 Å². The first-order valence-corrected chi connectivity index (χ1v) is 10.0. The third-order valence-corrected chi connectivity index (χ3v) is 5.41. The molecule has 0 aliphatic carbocycles. The van der Waals surface area contributed by atoms with Crippen molar-refractivity contribution in [1.29, 1.82) is 0 Å². The summed E-state index contributed by atoms with van der Waals surface area (Å²) in [4.78, 5) is 14.7. The minimum atomic E-state index is -0.218. The van der Waals surface area contributed by atoms with Crippen LogP contribution in [-0.2, 0) is 13.1 Å². The maximum atomic E-state index is 12.5. The molecule has 0 unspecified atom stereocenters. The number of methoxy groups -OCH3 is 1. The van der Waals surface area contributed by atoms with Crippen LogP contribution in [0.5, 0.6) is 5.75 Å². The van der Waals surface area contributed by atoms with Gasteiger partial charge in [0.2, 0.25) is 0 Å². The van der Waals surface area contributed by atoms with E-state index in [0.29, 0.717) is 5.56 Å². The quantitative estimate of drug-likeness (QED) is 0.451. The number of carbonyl (C=O) groups excluding carboxylic acids is 1. The highest BCUT2D eigenvalue weighted by Gasteiger charge is 2.20. The van der Waals surface area contributed by atoms with Gasteiger partial charge in [-0.2, -0.15) is 5.10 Å².